The predicted molar refractivity (Wildman–Crippen MR) is 112 cm³/mol. The lowest BCUT2D eigenvalue weighted by molar-refractivity contribution is 0.0524. The third kappa shape index (κ3) is 3.70. The third-order valence-electron chi connectivity index (χ3n) is 5.29. The number of aromatic amines is 1. The first-order valence-electron chi connectivity index (χ1n) is 9.88. The van der Waals surface area contributed by atoms with Gasteiger partial charge in [0, 0.05) is 35.8 Å². The van der Waals surface area contributed by atoms with Crippen molar-refractivity contribution in [2.45, 2.75) is 20.3 Å². The van der Waals surface area contributed by atoms with E-state index in [0.29, 0.717) is 36.5 Å². The summed E-state index contributed by atoms with van der Waals surface area (Å²) < 4.78 is 18.4. The van der Waals surface area contributed by atoms with E-state index in [4.69, 9.17) is 4.74 Å². The molecule has 1 aromatic carbocycles. The van der Waals surface area contributed by atoms with Crippen molar-refractivity contribution in [2.75, 3.05) is 19.7 Å². The second-order valence-corrected chi connectivity index (χ2v) is 7.17. The molecular weight excluding hydrogens is 385 g/mol. The van der Waals surface area contributed by atoms with Gasteiger partial charge in [-0.2, -0.15) is 0 Å². The summed E-state index contributed by atoms with van der Waals surface area (Å²) in [5, 5.41) is 0.967. The van der Waals surface area contributed by atoms with Crippen LogP contribution in [-0.2, 0) is 4.74 Å². The van der Waals surface area contributed by atoms with Gasteiger partial charge >= 0.3 is 5.97 Å². The van der Waals surface area contributed by atoms with Crippen LogP contribution in [0.2, 0.25) is 0 Å². The van der Waals surface area contributed by atoms with Crippen LogP contribution < -0.4 is 0 Å². The molecule has 2 aromatic heterocycles. The number of H-pyrrole nitrogens is 1. The van der Waals surface area contributed by atoms with E-state index in [-0.39, 0.29) is 18.3 Å². The Balaban J connectivity index is 1.50. The molecule has 3 heterocycles. The first-order chi connectivity index (χ1) is 14.5. The van der Waals surface area contributed by atoms with E-state index in [1.54, 1.807) is 36.9 Å². The monoisotopic (exact) mass is 407 g/mol. The van der Waals surface area contributed by atoms with Crippen molar-refractivity contribution in [2.24, 2.45) is 0 Å². The Bertz CT molecular complexity index is 1170. The van der Waals surface area contributed by atoms with E-state index in [1.807, 2.05) is 12.3 Å². The minimum atomic E-state index is -0.439. The summed E-state index contributed by atoms with van der Waals surface area (Å²) >= 11 is 0. The van der Waals surface area contributed by atoms with Crippen LogP contribution in [-0.4, -0.2) is 46.4 Å². The Morgan fingerprint density at radius 3 is 2.80 bits per heavy atom. The van der Waals surface area contributed by atoms with Gasteiger partial charge in [0.05, 0.1) is 17.9 Å². The average Bonchev–Trinajstić information content (AvgIpc) is 3.16. The molecule has 0 saturated carbocycles. The van der Waals surface area contributed by atoms with Gasteiger partial charge in [-0.25, -0.2) is 14.2 Å². The van der Waals surface area contributed by atoms with E-state index < -0.39 is 5.97 Å². The number of hydrogen-bond acceptors (Lipinski definition) is 4. The number of fused-ring (bicyclic) bond motifs is 1. The molecule has 6 nitrogen and oxygen atoms in total. The maximum absolute atomic E-state index is 13.4. The number of rotatable bonds is 4. The van der Waals surface area contributed by atoms with Crippen molar-refractivity contribution in [1.29, 1.82) is 0 Å². The van der Waals surface area contributed by atoms with Crippen LogP contribution in [0.4, 0.5) is 4.39 Å². The summed E-state index contributed by atoms with van der Waals surface area (Å²) in [6.07, 6.45) is 4.59. The molecule has 0 fully saturated rings. The number of nitrogens with one attached hydrogen (secondary N) is 1. The quantitative estimate of drug-likeness (QED) is 0.661. The van der Waals surface area contributed by atoms with E-state index in [1.165, 1.54) is 12.1 Å². The van der Waals surface area contributed by atoms with Crippen LogP contribution in [0.5, 0.6) is 0 Å². The number of ether oxygens (including phenoxy) is 1. The SMILES string of the molecule is CCOC(=O)c1ccc(C(=O)N2CC=C(c3c[nH]c4cc(F)ccc34)CC2)nc1C. The Kier molecular flexibility index (Phi) is 5.35. The van der Waals surface area contributed by atoms with Crippen LogP contribution in [0.1, 0.15) is 45.4 Å². The maximum Gasteiger partial charge on any atom is 0.339 e. The second kappa shape index (κ2) is 8.10. The van der Waals surface area contributed by atoms with Gasteiger partial charge in [0.2, 0.25) is 0 Å². The zero-order chi connectivity index (χ0) is 21.3. The molecule has 0 aliphatic carbocycles. The van der Waals surface area contributed by atoms with E-state index in [2.05, 4.69) is 9.97 Å². The third-order valence-corrected chi connectivity index (χ3v) is 5.29. The highest BCUT2D eigenvalue weighted by atomic mass is 19.1. The molecule has 4 rings (SSSR count). The number of aromatic nitrogens is 2. The van der Waals surface area contributed by atoms with Crippen molar-refractivity contribution in [3.8, 4) is 0 Å². The van der Waals surface area contributed by atoms with E-state index in [9.17, 15) is 14.0 Å². The summed E-state index contributed by atoms with van der Waals surface area (Å²) in [4.78, 5) is 33.9. The number of hydrogen-bond donors (Lipinski definition) is 1. The first kappa shape index (κ1) is 19.8. The standard InChI is InChI=1S/C23H22FN3O3/c1-3-30-23(29)17-6-7-20(26-14(17)2)22(28)27-10-8-15(9-11-27)19-13-25-21-12-16(24)4-5-18(19)21/h4-8,12-13,25H,3,9-11H2,1-2H3. The van der Waals surface area contributed by atoms with Crippen LogP contribution in [0.25, 0.3) is 16.5 Å². The van der Waals surface area contributed by atoms with Crippen molar-refractivity contribution >= 4 is 28.4 Å². The minimum absolute atomic E-state index is 0.176. The van der Waals surface area contributed by atoms with Gasteiger partial charge in [0.25, 0.3) is 5.91 Å². The molecule has 0 unspecified atom stereocenters. The molecule has 0 bridgehead atoms. The summed E-state index contributed by atoms with van der Waals surface area (Å²) in [5.74, 6) is -0.891. The molecule has 1 N–H and O–H groups in total. The molecule has 0 saturated heterocycles. The molecule has 154 valence electrons. The number of benzene rings is 1. The number of amides is 1. The van der Waals surface area contributed by atoms with Crippen molar-refractivity contribution < 1.29 is 18.7 Å². The topological polar surface area (TPSA) is 75.3 Å². The van der Waals surface area contributed by atoms with Gasteiger partial charge < -0.3 is 14.6 Å². The van der Waals surface area contributed by atoms with Crippen molar-refractivity contribution in [3.63, 3.8) is 0 Å². The van der Waals surface area contributed by atoms with Crippen molar-refractivity contribution in [3.05, 3.63) is 70.9 Å². The summed E-state index contributed by atoms with van der Waals surface area (Å²) in [6, 6.07) is 7.85. The minimum Gasteiger partial charge on any atom is -0.462 e. The van der Waals surface area contributed by atoms with Crippen molar-refractivity contribution in [1.82, 2.24) is 14.9 Å². The maximum atomic E-state index is 13.4. The molecular formula is C23H22FN3O3. The smallest absolute Gasteiger partial charge is 0.339 e. The fraction of sp³-hybridized carbons (Fsp3) is 0.261. The highest BCUT2D eigenvalue weighted by Gasteiger charge is 2.23. The number of nitrogens with zero attached hydrogens (tertiary/aromatic N) is 2. The lowest BCUT2D eigenvalue weighted by atomic mass is 9.98. The fourth-order valence-electron chi connectivity index (χ4n) is 3.73. The summed E-state index contributed by atoms with van der Waals surface area (Å²) in [5.41, 5.74) is 4.05. The molecule has 1 aliphatic rings. The van der Waals surface area contributed by atoms with Crippen LogP contribution >= 0.6 is 0 Å². The molecule has 0 radical (unpaired) electrons. The Morgan fingerprint density at radius 2 is 2.10 bits per heavy atom. The lowest BCUT2D eigenvalue weighted by Crippen LogP contribution is -2.35. The fourth-order valence-corrected chi connectivity index (χ4v) is 3.73. The van der Waals surface area contributed by atoms with Crippen LogP contribution in [0.3, 0.4) is 0 Å². The van der Waals surface area contributed by atoms with E-state index in [0.717, 1.165) is 22.0 Å². The van der Waals surface area contributed by atoms with Gasteiger partial charge in [0.15, 0.2) is 0 Å². The highest BCUT2D eigenvalue weighted by molar-refractivity contribution is 5.96. The zero-order valence-electron chi connectivity index (χ0n) is 16.9. The number of esters is 1. The molecule has 1 amide bonds. The second-order valence-electron chi connectivity index (χ2n) is 7.17. The molecule has 0 spiro atoms. The average molecular weight is 407 g/mol. The number of aryl methyl sites for hydroxylation is 1. The number of carbonyl (C=O) groups excluding carboxylic acids is 2. The Morgan fingerprint density at radius 1 is 1.27 bits per heavy atom. The number of pyridine rings is 1. The van der Waals surface area contributed by atoms with Gasteiger partial charge in [-0.15, -0.1) is 0 Å². The first-order valence-corrected chi connectivity index (χ1v) is 9.88. The highest BCUT2D eigenvalue weighted by Crippen LogP contribution is 2.30. The predicted octanol–water partition coefficient (Wildman–Crippen LogP) is 4.12. The number of halogens is 1. The molecule has 3 aromatic rings. The number of carbonyl (C=O) groups is 2. The van der Waals surface area contributed by atoms with Crippen LogP contribution in [0, 0.1) is 12.7 Å². The van der Waals surface area contributed by atoms with E-state index >= 15 is 0 Å². The lowest BCUT2D eigenvalue weighted by Gasteiger charge is -2.26. The van der Waals surface area contributed by atoms with Crippen LogP contribution in [0.15, 0.2) is 42.6 Å². The molecule has 0 atom stereocenters. The summed E-state index contributed by atoms with van der Waals surface area (Å²) in [6.45, 7) is 4.73. The van der Waals surface area contributed by atoms with Gasteiger partial charge in [-0.3, -0.25) is 4.79 Å². The van der Waals surface area contributed by atoms with Gasteiger partial charge in [-0.1, -0.05) is 6.08 Å². The van der Waals surface area contributed by atoms with Gasteiger partial charge in [0.1, 0.15) is 11.5 Å². The largest absolute Gasteiger partial charge is 0.462 e. The molecule has 30 heavy (non-hydrogen) atoms. The normalized spacial score (nSPS) is 14.0. The Hall–Kier alpha value is -3.48. The molecule has 7 heteroatoms. The zero-order valence-corrected chi connectivity index (χ0v) is 16.9. The Labute approximate surface area is 173 Å². The molecule has 1 aliphatic heterocycles. The van der Waals surface area contributed by atoms with Gasteiger partial charge in [-0.05, 0) is 56.2 Å². The summed E-state index contributed by atoms with van der Waals surface area (Å²) in [7, 11) is 0.